The highest BCUT2D eigenvalue weighted by atomic mass is 35.5. The lowest BCUT2D eigenvalue weighted by Gasteiger charge is -2.17. The highest BCUT2D eigenvalue weighted by molar-refractivity contribution is 6.34. The molecule has 18 heavy (non-hydrogen) atoms. The summed E-state index contributed by atoms with van der Waals surface area (Å²) in [5.41, 5.74) is 0.696. The Balaban J connectivity index is 2.94. The number of nitrogens with one attached hydrogen (secondary N) is 1. The molecule has 1 heterocycles. The molecule has 0 fully saturated rings. The zero-order valence-corrected chi connectivity index (χ0v) is 11.4. The number of rotatable bonds is 4. The van der Waals surface area contributed by atoms with Gasteiger partial charge in [-0.2, -0.15) is 5.10 Å². The third-order valence-electron chi connectivity index (χ3n) is 2.70. The Morgan fingerprint density at radius 2 is 2.00 bits per heavy atom. The summed E-state index contributed by atoms with van der Waals surface area (Å²) < 4.78 is 1.47. The Morgan fingerprint density at radius 1 is 1.44 bits per heavy atom. The van der Waals surface area contributed by atoms with Crippen molar-refractivity contribution in [1.82, 2.24) is 15.1 Å². The maximum absolute atomic E-state index is 11.9. The van der Waals surface area contributed by atoms with Crippen LogP contribution in [0.2, 0.25) is 5.02 Å². The van der Waals surface area contributed by atoms with Crippen LogP contribution in [0.3, 0.4) is 0 Å². The van der Waals surface area contributed by atoms with Gasteiger partial charge in [0.2, 0.25) is 0 Å². The molecule has 0 saturated carbocycles. The third kappa shape index (κ3) is 2.81. The monoisotopic (exact) mass is 273 g/mol. The molecule has 1 unspecified atom stereocenters. The van der Waals surface area contributed by atoms with Crippen molar-refractivity contribution in [1.29, 1.82) is 0 Å². The first-order valence-electron chi connectivity index (χ1n) is 5.48. The summed E-state index contributed by atoms with van der Waals surface area (Å²) in [4.78, 5) is 22.9. The van der Waals surface area contributed by atoms with E-state index in [4.69, 9.17) is 16.7 Å². The number of carboxylic acids is 1. The number of carbonyl (C=O) groups is 2. The summed E-state index contributed by atoms with van der Waals surface area (Å²) in [5.74, 6) is -1.89. The van der Waals surface area contributed by atoms with E-state index in [-0.39, 0.29) is 16.6 Å². The van der Waals surface area contributed by atoms with Crippen LogP contribution in [0, 0.1) is 12.8 Å². The number of aryl methyl sites for hydroxylation is 1. The van der Waals surface area contributed by atoms with Crippen LogP contribution in [0.1, 0.15) is 30.0 Å². The zero-order chi connectivity index (χ0) is 14.0. The molecule has 1 atom stereocenters. The highest BCUT2D eigenvalue weighted by Crippen LogP contribution is 2.19. The molecule has 2 N–H and O–H groups in total. The smallest absolute Gasteiger partial charge is 0.326 e. The summed E-state index contributed by atoms with van der Waals surface area (Å²) >= 11 is 5.96. The van der Waals surface area contributed by atoms with Crippen LogP contribution in [0.5, 0.6) is 0 Å². The van der Waals surface area contributed by atoms with Gasteiger partial charge < -0.3 is 10.4 Å². The third-order valence-corrected chi connectivity index (χ3v) is 3.15. The molecular formula is C11H16ClN3O3. The molecule has 1 aromatic heterocycles. The van der Waals surface area contributed by atoms with E-state index >= 15 is 0 Å². The van der Waals surface area contributed by atoms with Crippen molar-refractivity contribution >= 4 is 23.5 Å². The molecule has 1 amide bonds. The van der Waals surface area contributed by atoms with Crippen molar-refractivity contribution in [2.75, 3.05) is 0 Å². The van der Waals surface area contributed by atoms with Crippen molar-refractivity contribution < 1.29 is 14.7 Å². The van der Waals surface area contributed by atoms with Gasteiger partial charge >= 0.3 is 5.97 Å². The number of amides is 1. The first kappa shape index (κ1) is 14.5. The molecule has 7 heteroatoms. The second-order valence-corrected chi connectivity index (χ2v) is 4.78. The van der Waals surface area contributed by atoms with Crippen molar-refractivity contribution in [3.63, 3.8) is 0 Å². The van der Waals surface area contributed by atoms with Gasteiger partial charge in [0, 0.05) is 7.05 Å². The average Bonchev–Trinajstić information content (AvgIpc) is 2.52. The van der Waals surface area contributed by atoms with Gasteiger partial charge in [0.15, 0.2) is 5.69 Å². The molecule has 0 aliphatic heterocycles. The van der Waals surface area contributed by atoms with Crippen molar-refractivity contribution in [2.45, 2.75) is 26.8 Å². The van der Waals surface area contributed by atoms with Gasteiger partial charge in [-0.25, -0.2) is 4.79 Å². The molecular weight excluding hydrogens is 258 g/mol. The molecule has 0 aliphatic rings. The number of aromatic nitrogens is 2. The largest absolute Gasteiger partial charge is 0.480 e. The number of halogens is 1. The summed E-state index contributed by atoms with van der Waals surface area (Å²) in [7, 11) is 1.66. The van der Waals surface area contributed by atoms with E-state index in [1.807, 2.05) is 0 Å². The van der Waals surface area contributed by atoms with E-state index < -0.39 is 17.9 Å². The summed E-state index contributed by atoms with van der Waals surface area (Å²) in [5, 5.41) is 15.6. The van der Waals surface area contributed by atoms with Crippen LogP contribution in [-0.4, -0.2) is 32.8 Å². The molecule has 0 bridgehead atoms. The minimum atomic E-state index is -1.08. The van der Waals surface area contributed by atoms with E-state index in [1.54, 1.807) is 27.8 Å². The van der Waals surface area contributed by atoms with Gasteiger partial charge in [-0.05, 0) is 12.8 Å². The minimum Gasteiger partial charge on any atom is -0.480 e. The second-order valence-electron chi connectivity index (χ2n) is 4.40. The molecule has 1 rings (SSSR count). The first-order valence-corrected chi connectivity index (χ1v) is 5.86. The van der Waals surface area contributed by atoms with Crippen LogP contribution in [0.25, 0.3) is 0 Å². The van der Waals surface area contributed by atoms with Crippen LogP contribution in [0.4, 0.5) is 0 Å². The van der Waals surface area contributed by atoms with Gasteiger partial charge in [0.1, 0.15) is 6.04 Å². The van der Waals surface area contributed by atoms with Crippen molar-refractivity contribution in [3.8, 4) is 0 Å². The standard InChI is InChI=1S/C11H16ClN3O3/c1-5(2)8(11(17)18)13-10(16)9-7(12)6(3)15(4)14-9/h5,8H,1-4H3,(H,13,16)(H,17,18). The van der Waals surface area contributed by atoms with Crippen LogP contribution >= 0.6 is 11.6 Å². The predicted octanol–water partition coefficient (Wildman–Crippen LogP) is 1.22. The number of aliphatic carboxylic acids is 1. The van der Waals surface area contributed by atoms with E-state index in [0.29, 0.717) is 5.69 Å². The number of carboxylic acid groups (broad SMARTS) is 1. The Morgan fingerprint density at radius 3 is 2.33 bits per heavy atom. The molecule has 0 aliphatic carbocycles. The van der Waals surface area contributed by atoms with Gasteiger partial charge in [-0.15, -0.1) is 0 Å². The second kappa shape index (κ2) is 5.39. The van der Waals surface area contributed by atoms with Crippen molar-refractivity contribution in [3.05, 3.63) is 16.4 Å². The van der Waals surface area contributed by atoms with Gasteiger partial charge in [-0.3, -0.25) is 9.48 Å². The van der Waals surface area contributed by atoms with E-state index in [0.717, 1.165) is 0 Å². The van der Waals surface area contributed by atoms with Gasteiger partial charge in [-0.1, -0.05) is 25.4 Å². The van der Waals surface area contributed by atoms with Crippen LogP contribution < -0.4 is 5.32 Å². The Bertz CT molecular complexity index is 482. The van der Waals surface area contributed by atoms with Gasteiger partial charge in [0.25, 0.3) is 5.91 Å². The topological polar surface area (TPSA) is 84.2 Å². The Hall–Kier alpha value is -1.56. The van der Waals surface area contributed by atoms with Crippen LogP contribution in [0.15, 0.2) is 0 Å². The molecule has 0 radical (unpaired) electrons. The molecule has 0 saturated heterocycles. The summed E-state index contributed by atoms with van der Waals surface area (Å²) in [6.45, 7) is 5.15. The maximum Gasteiger partial charge on any atom is 0.326 e. The Labute approximate surface area is 110 Å². The van der Waals surface area contributed by atoms with Crippen LogP contribution in [-0.2, 0) is 11.8 Å². The lowest BCUT2D eigenvalue weighted by Crippen LogP contribution is -2.44. The zero-order valence-electron chi connectivity index (χ0n) is 10.7. The summed E-state index contributed by atoms with van der Waals surface area (Å²) in [6, 6.07) is -0.962. The lowest BCUT2D eigenvalue weighted by molar-refractivity contribution is -0.140. The molecule has 6 nitrogen and oxygen atoms in total. The SMILES string of the molecule is Cc1c(Cl)c(C(=O)NC(C(=O)O)C(C)C)nn1C. The predicted molar refractivity (Wildman–Crippen MR) is 66.7 cm³/mol. The fourth-order valence-corrected chi connectivity index (χ4v) is 1.70. The minimum absolute atomic E-state index is 0.0450. The number of nitrogens with zero attached hydrogens (tertiary/aromatic N) is 2. The fraction of sp³-hybridized carbons (Fsp3) is 0.545. The van der Waals surface area contributed by atoms with Crippen molar-refractivity contribution in [2.24, 2.45) is 13.0 Å². The number of carbonyl (C=O) groups excluding carboxylic acids is 1. The van der Waals surface area contributed by atoms with E-state index in [2.05, 4.69) is 10.4 Å². The quantitative estimate of drug-likeness (QED) is 0.864. The number of hydrogen-bond donors (Lipinski definition) is 2. The Kier molecular flexibility index (Phi) is 4.34. The van der Waals surface area contributed by atoms with E-state index in [9.17, 15) is 9.59 Å². The summed E-state index contributed by atoms with van der Waals surface area (Å²) in [6.07, 6.45) is 0. The fourth-order valence-electron chi connectivity index (χ4n) is 1.45. The highest BCUT2D eigenvalue weighted by Gasteiger charge is 2.26. The maximum atomic E-state index is 11.9. The number of hydrogen-bond acceptors (Lipinski definition) is 3. The lowest BCUT2D eigenvalue weighted by atomic mass is 10.0. The normalized spacial score (nSPS) is 12.6. The molecule has 100 valence electrons. The van der Waals surface area contributed by atoms with Gasteiger partial charge in [0.05, 0.1) is 10.7 Å². The average molecular weight is 274 g/mol. The first-order chi connectivity index (χ1) is 8.25. The molecule has 1 aromatic rings. The van der Waals surface area contributed by atoms with E-state index in [1.165, 1.54) is 4.68 Å². The molecule has 0 spiro atoms. The molecule has 0 aromatic carbocycles.